The van der Waals surface area contributed by atoms with E-state index < -0.39 is 35.8 Å². The normalized spacial score (nSPS) is 12.0. The molecular weight excluding hydrogens is 299 g/mol. The van der Waals surface area contributed by atoms with Crippen LogP contribution in [0.4, 0.5) is 18.0 Å². The van der Waals surface area contributed by atoms with Crippen LogP contribution in [-0.2, 0) is 4.74 Å². The highest BCUT2D eigenvalue weighted by molar-refractivity contribution is 5.67. The highest BCUT2D eigenvalue weighted by Crippen LogP contribution is 2.16. The van der Waals surface area contributed by atoms with Crippen molar-refractivity contribution in [3.63, 3.8) is 0 Å². The van der Waals surface area contributed by atoms with Crippen LogP contribution in [0.3, 0.4) is 0 Å². The second kappa shape index (κ2) is 7.72. The minimum Gasteiger partial charge on any atom is -0.486 e. The summed E-state index contributed by atoms with van der Waals surface area (Å²) in [6.07, 6.45) is 0.419. The molecule has 0 unspecified atom stereocenters. The Kier molecular flexibility index (Phi) is 6.27. The fourth-order valence-corrected chi connectivity index (χ4v) is 1.34. The number of hydrogen-bond donors (Lipinski definition) is 1. The molecule has 0 fully saturated rings. The van der Waals surface area contributed by atoms with Crippen LogP contribution in [-0.4, -0.2) is 24.8 Å². The highest BCUT2D eigenvalue weighted by atomic mass is 19.2. The van der Waals surface area contributed by atoms with Crippen molar-refractivity contribution in [1.82, 2.24) is 5.32 Å². The lowest BCUT2D eigenvalue weighted by Crippen LogP contribution is -2.32. The Bertz CT molecular complexity index is 553. The van der Waals surface area contributed by atoms with E-state index in [-0.39, 0.29) is 12.3 Å². The molecule has 22 heavy (non-hydrogen) atoms. The van der Waals surface area contributed by atoms with E-state index in [9.17, 15) is 18.0 Å². The quantitative estimate of drug-likeness (QED) is 0.900. The number of carbonyl (C=O) groups excluding carboxylic acids is 1. The van der Waals surface area contributed by atoms with Crippen molar-refractivity contribution in [1.29, 1.82) is 0 Å². The van der Waals surface area contributed by atoms with Crippen molar-refractivity contribution in [2.24, 2.45) is 0 Å². The van der Waals surface area contributed by atoms with Gasteiger partial charge in [0.2, 0.25) is 0 Å². The van der Waals surface area contributed by atoms with E-state index in [1.807, 2.05) is 0 Å². The van der Waals surface area contributed by atoms with Crippen LogP contribution in [0.2, 0.25) is 0 Å². The summed E-state index contributed by atoms with van der Waals surface area (Å²) in [5.41, 5.74) is -0.637. The second-order valence-corrected chi connectivity index (χ2v) is 5.40. The number of benzene rings is 1. The summed E-state index contributed by atoms with van der Waals surface area (Å²) in [6.45, 7) is 4.58. The molecule has 7 heteroatoms. The molecule has 4 nitrogen and oxygen atoms in total. The summed E-state index contributed by atoms with van der Waals surface area (Å²) in [6, 6.07) is 2.89. The maximum atomic E-state index is 13.4. The average molecular weight is 317 g/mol. The van der Waals surface area contributed by atoms with Crippen LogP contribution >= 0.6 is 0 Å². The maximum Gasteiger partial charge on any atom is 0.407 e. The van der Waals surface area contributed by atoms with E-state index in [2.05, 4.69) is 5.32 Å². The van der Waals surface area contributed by atoms with E-state index >= 15 is 0 Å². The Morgan fingerprint density at radius 3 is 2.55 bits per heavy atom. The lowest BCUT2D eigenvalue weighted by molar-refractivity contribution is 0.0534. The van der Waals surface area contributed by atoms with Gasteiger partial charge in [-0.2, -0.15) is 0 Å². The molecule has 1 aromatic rings. The number of alkyl carbamates (subject to hydrolysis) is 1. The van der Waals surface area contributed by atoms with Gasteiger partial charge in [-0.1, -0.05) is 0 Å². The van der Waals surface area contributed by atoms with Crippen molar-refractivity contribution >= 4 is 6.09 Å². The number of carbonyl (C=O) groups is 1. The summed E-state index contributed by atoms with van der Waals surface area (Å²) in [7, 11) is 0. The molecule has 0 aromatic heterocycles. The highest BCUT2D eigenvalue weighted by Gasteiger charge is 2.15. The van der Waals surface area contributed by atoms with E-state index in [1.54, 1.807) is 20.8 Å². The van der Waals surface area contributed by atoms with E-state index in [4.69, 9.17) is 9.47 Å². The topological polar surface area (TPSA) is 47.6 Å². The molecule has 1 rings (SSSR count). The monoisotopic (exact) mass is 317 g/mol. The molecule has 0 spiro atoms. The zero-order valence-corrected chi connectivity index (χ0v) is 12.6. The Balaban J connectivity index is 2.37. The zero-order valence-electron chi connectivity index (χ0n) is 12.6. The molecule has 0 saturated heterocycles. The number of ether oxygens (including phenoxy) is 2. The van der Waals surface area contributed by atoms with Crippen LogP contribution in [0, 0.1) is 11.6 Å². The lowest BCUT2D eigenvalue weighted by atomic mass is 10.2. The first-order valence-electron chi connectivity index (χ1n) is 6.56. The van der Waals surface area contributed by atoms with Crippen LogP contribution < -0.4 is 10.1 Å². The molecule has 1 aromatic carbocycles. The van der Waals surface area contributed by atoms with Crippen LogP contribution in [0.5, 0.6) is 5.75 Å². The van der Waals surface area contributed by atoms with Gasteiger partial charge in [0.15, 0.2) is 11.6 Å². The van der Waals surface area contributed by atoms with Gasteiger partial charge in [0.05, 0.1) is 0 Å². The molecule has 0 aliphatic heterocycles. The molecule has 0 atom stereocenters. The molecule has 0 saturated carbocycles. The third kappa shape index (κ3) is 7.01. The van der Waals surface area contributed by atoms with Gasteiger partial charge in [0.25, 0.3) is 0 Å². The van der Waals surface area contributed by atoms with Gasteiger partial charge in [0, 0.05) is 12.6 Å². The van der Waals surface area contributed by atoms with Crippen molar-refractivity contribution in [2.45, 2.75) is 26.4 Å². The van der Waals surface area contributed by atoms with Crippen molar-refractivity contribution < 1.29 is 27.4 Å². The van der Waals surface area contributed by atoms with Crippen molar-refractivity contribution in [3.05, 3.63) is 41.7 Å². The Morgan fingerprint density at radius 2 is 1.95 bits per heavy atom. The van der Waals surface area contributed by atoms with Crippen molar-refractivity contribution in [2.75, 3.05) is 13.2 Å². The van der Waals surface area contributed by atoms with Crippen LogP contribution in [0.1, 0.15) is 20.8 Å². The Labute approximate surface area is 126 Å². The smallest absolute Gasteiger partial charge is 0.407 e. The third-order valence-electron chi connectivity index (χ3n) is 2.24. The Hall–Kier alpha value is -2.18. The maximum absolute atomic E-state index is 13.4. The number of amides is 1. The van der Waals surface area contributed by atoms with E-state index in [1.165, 1.54) is 6.07 Å². The van der Waals surface area contributed by atoms with Gasteiger partial charge in [0.1, 0.15) is 23.8 Å². The van der Waals surface area contributed by atoms with Gasteiger partial charge in [-0.25, -0.2) is 18.0 Å². The first kappa shape index (κ1) is 17.9. The summed E-state index contributed by atoms with van der Waals surface area (Å²) < 4.78 is 48.9. The van der Waals surface area contributed by atoms with Crippen LogP contribution in [0.15, 0.2) is 30.1 Å². The third-order valence-corrected chi connectivity index (χ3v) is 2.24. The second-order valence-electron chi connectivity index (χ2n) is 5.40. The SMILES string of the molecule is CC(C)(C)OC(=O)NCC=C(F)COc1ccc(F)c(F)c1. The molecular formula is C15H18F3NO3. The predicted octanol–water partition coefficient (Wildman–Crippen LogP) is 3.72. The largest absolute Gasteiger partial charge is 0.486 e. The molecule has 0 aliphatic rings. The first-order valence-corrected chi connectivity index (χ1v) is 6.56. The van der Waals surface area contributed by atoms with Gasteiger partial charge in [-0.05, 0) is 39.0 Å². The fraction of sp³-hybridized carbons (Fsp3) is 0.400. The average Bonchev–Trinajstić information content (AvgIpc) is 2.38. The number of nitrogens with one attached hydrogen (secondary N) is 1. The number of hydrogen-bond acceptors (Lipinski definition) is 3. The minimum absolute atomic E-state index is 0.00236. The van der Waals surface area contributed by atoms with E-state index in [0.717, 1.165) is 18.2 Å². The molecule has 1 amide bonds. The number of rotatable bonds is 5. The first-order chi connectivity index (χ1) is 10.2. The van der Waals surface area contributed by atoms with Gasteiger partial charge >= 0.3 is 6.09 Å². The molecule has 0 aliphatic carbocycles. The summed E-state index contributed by atoms with van der Waals surface area (Å²) in [4.78, 5) is 11.3. The lowest BCUT2D eigenvalue weighted by Gasteiger charge is -2.19. The summed E-state index contributed by atoms with van der Waals surface area (Å²) >= 11 is 0. The fourth-order valence-electron chi connectivity index (χ4n) is 1.34. The molecule has 122 valence electrons. The molecule has 1 N–H and O–H groups in total. The molecule has 0 heterocycles. The minimum atomic E-state index is -1.08. The summed E-state index contributed by atoms with van der Waals surface area (Å²) in [5.74, 6) is -2.75. The number of halogens is 3. The molecule has 0 bridgehead atoms. The van der Waals surface area contributed by atoms with Crippen molar-refractivity contribution in [3.8, 4) is 5.75 Å². The summed E-state index contributed by atoms with van der Waals surface area (Å²) in [5, 5.41) is 2.34. The van der Waals surface area contributed by atoms with Gasteiger partial charge in [-0.3, -0.25) is 0 Å². The van der Waals surface area contributed by atoms with Gasteiger partial charge < -0.3 is 14.8 Å². The van der Waals surface area contributed by atoms with E-state index in [0.29, 0.717) is 0 Å². The predicted molar refractivity (Wildman–Crippen MR) is 75.3 cm³/mol. The molecule has 0 radical (unpaired) electrons. The van der Waals surface area contributed by atoms with Gasteiger partial charge in [-0.15, -0.1) is 0 Å². The van der Waals surface area contributed by atoms with Crippen LogP contribution in [0.25, 0.3) is 0 Å². The standard InChI is InChI=1S/C15H18F3NO3/c1-15(2,3)22-14(20)19-7-6-10(16)9-21-11-4-5-12(17)13(18)8-11/h4-6,8H,7,9H2,1-3H3,(H,19,20). The zero-order chi connectivity index (χ0) is 16.8. The Morgan fingerprint density at radius 1 is 1.27 bits per heavy atom.